The number of anilines is 1. The highest BCUT2D eigenvalue weighted by molar-refractivity contribution is 7.99. The van der Waals surface area contributed by atoms with Crippen LogP contribution in [0.25, 0.3) is 0 Å². The lowest BCUT2D eigenvalue weighted by Gasteiger charge is -2.23. The van der Waals surface area contributed by atoms with Crippen LogP contribution in [-0.2, 0) is 0 Å². The zero-order valence-corrected chi connectivity index (χ0v) is 12.0. The summed E-state index contributed by atoms with van der Waals surface area (Å²) in [6.07, 6.45) is 3.65. The lowest BCUT2D eigenvalue weighted by molar-refractivity contribution is 0.324. The van der Waals surface area contributed by atoms with Gasteiger partial charge in [0.1, 0.15) is 12.1 Å². The molecule has 0 unspecified atom stereocenters. The van der Waals surface area contributed by atoms with E-state index in [4.69, 9.17) is 4.74 Å². The van der Waals surface area contributed by atoms with Crippen molar-refractivity contribution in [2.24, 2.45) is 0 Å². The molecule has 1 N–H and O–H groups in total. The van der Waals surface area contributed by atoms with Crippen LogP contribution in [0.15, 0.2) is 6.33 Å². The second-order valence-corrected chi connectivity index (χ2v) is 5.92. The fraction of sp³-hybridized carbons (Fsp3) is 0.667. The van der Waals surface area contributed by atoms with Gasteiger partial charge in [-0.2, -0.15) is 11.8 Å². The predicted octanol–water partition coefficient (Wildman–Crippen LogP) is 2.74. The van der Waals surface area contributed by atoms with Crippen molar-refractivity contribution >= 4 is 17.6 Å². The first-order chi connectivity index (χ1) is 8.00. The Kier molecular flexibility index (Phi) is 5.05. The molecule has 0 saturated carbocycles. The molecule has 1 rings (SSSR count). The van der Waals surface area contributed by atoms with E-state index in [1.54, 1.807) is 0 Å². The summed E-state index contributed by atoms with van der Waals surface area (Å²) in [5.41, 5.74) is 0.964. The first-order valence-corrected chi connectivity index (χ1v) is 6.96. The molecule has 5 heteroatoms. The third-order valence-electron chi connectivity index (χ3n) is 2.55. The molecule has 0 aliphatic rings. The summed E-state index contributed by atoms with van der Waals surface area (Å²) in [6.45, 7) is 9.80. The smallest absolute Gasteiger partial charge is 0.221 e. The fourth-order valence-electron chi connectivity index (χ4n) is 1.26. The molecule has 4 nitrogen and oxygen atoms in total. The zero-order valence-electron chi connectivity index (χ0n) is 11.2. The number of ether oxygens (including phenoxy) is 1. The normalized spacial score (nSPS) is 11.4. The first kappa shape index (κ1) is 14.1. The van der Waals surface area contributed by atoms with E-state index in [1.165, 1.54) is 6.33 Å². The van der Waals surface area contributed by atoms with Gasteiger partial charge in [0.05, 0.1) is 12.2 Å². The van der Waals surface area contributed by atoms with Gasteiger partial charge in [0, 0.05) is 11.3 Å². The number of nitrogens with zero attached hydrogens (tertiary/aromatic N) is 2. The minimum atomic E-state index is 0.184. The van der Waals surface area contributed by atoms with Crippen molar-refractivity contribution in [2.45, 2.75) is 32.4 Å². The molecule has 0 aliphatic carbocycles. The Hall–Kier alpha value is -0.970. The van der Waals surface area contributed by atoms with Crippen LogP contribution in [-0.4, -0.2) is 34.1 Å². The molecule has 0 bridgehead atoms. The average Bonchev–Trinajstić information content (AvgIpc) is 2.31. The molecule has 0 amide bonds. The first-order valence-electron chi connectivity index (χ1n) is 5.73. The monoisotopic (exact) mass is 255 g/mol. The minimum absolute atomic E-state index is 0.184. The van der Waals surface area contributed by atoms with Crippen LogP contribution in [0.1, 0.15) is 26.3 Å². The molecular formula is C12H21N3OS. The lowest BCUT2D eigenvalue weighted by Crippen LogP contribution is -2.26. The van der Waals surface area contributed by atoms with Crippen LogP contribution < -0.4 is 10.1 Å². The third kappa shape index (κ3) is 4.07. The van der Waals surface area contributed by atoms with E-state index in [1.807, 2.05) is 25.6 Å². The second-order valence-electron chi connectivity index (χ2n) is 4.40. The van der Waals surface area contributed by atoms with Gasteiger partial charge >= 0.3 is 0 Å². The number of hydrogen-bond acceptors (Lipinski definition) is 5. The van der Waals surface area contributed by atoms with Crippen molar-refractivity contribution in [1.29, 1.82) is 0 Å². The van der Waals surface area contributed by atoms with Crippen molar-refractivity contribution in [3.63, 3.8) is 0 Å². The average molecular weight is 255 g/mol. The number of aromatic nitrogens is 2. The van der Waals surface area contributed by atoms with Crippen LogP contribution in [0.2, 0.25) is 0 Å². The van der Waals surface area contributed by atoms with E-state index < -0.39 is 0 Å². The Bertz CT molecular complexity index is 369. The fourth-order valence-corrected chi connectivity index (χ4v) is 1.48. The maximum atomic E-state index is 5.44. The Morgan fingerprint density at radius 2 is 2.12 bits per heavy atom. The van der Waals surface area contributed by atoms with Crippen molar-refractivity contribution in [3.8, 4) is 5.88 Å². The lowest BCUT2D eigenvalue weighted by atomic mass is 10.2. The summed E-state index contributed by atoms with van der Waals surface area (Å²) in [5.74, 6) is 1.51. The van der Waals surface area contributed by atoms with Gasteiger partial charge in [-0.3, -0.25) is 0 Å². The maximum Gasteiger partial charge on any atom is 0.221 e. The molecule has 0 aromatic carbocycles. The quantitative estimate of drug-likeness (QED) is 0.847. The van der Waals surface area contributed by atoms with E-state index in [2.05, 4.69) is 35.4 Å². The standard InChI is InChI=1S/C12H21N3OS/c1-6-16-11-9(2)10(14-8-15-11)13-7-12(3,4)17-5/h8H,6-7H2,1-5H3,(H,13,14,15). The molecule has 1 heterocycles. The summed E-state index contributed by atoms with van der Waals surface area (Å²) in [4.78, 5) is 8.36. The molecule has 0 aliphatic heterocycles. The predicted molar refractivity (Wildman–Crippen MR) is 74.0 cm³/mol. The van der Waals surface area contributed by atoms with E-state index in [-0.39, 0.29) is 4.75 Å². The number of nitrogens with one attached hydrogen (secondary N) is 1. The SMILES string of the molecule is CCOc1ncnc(NCC(C)(C)SC)c1C. The van der Waals surface area contributed by atoms with Crippen LogP contribution in [0.4, 0.5) is 5.82 Å². The molecule has 17 heavy (non-hydrogen) atoms. The largest absolute Gasteiger partial charge is 0.478 e. The van der Waals surface area contributed by atoms with E-state index in [9.17, 15) is 0 Å². The van der Waals surface area contributed by atoms with Crippen molar-refractivity contribution in [1.82, 2.24) is 9.97 Å². The van der Waals surface area contributed by atoms with E-state index >= 15 is 0 Å². The molecule has 96 valence electrons. The van der Waals surface area contributed by atoms with Gasteiger partial charge in [0.2, 0.25) is 5.88 Å². The minimum Gasteiger partial charge on any atom is -0.478 e. The van der Waals surface area contributed by atoms with Gasteiger partial charge in [-0.25, -0.2) is 9.97 Å². The topological polar surface area (TPSA) is 47.0 Å². The molecule has 0 saturated heterocycles. The van der Waals surface area contributed by atoms with E-state index in [0.29, 0.717) is 12.5 Å². The Balaban J connectivity index is 2.75. The van der Waals surface area contributed by atoms with Gasteiger partial charge < -0.3 is 10.1 Å². The van der Waals surface area contributed by atoms with Gasteiger partial charge in [-0.15, -0.1) is 0 Å². The Labute approximate surface area is 108 Å². The molecular weight excluding hydrogens is 234 g/mol. The highest BCUT2D eigenvalue weighted by atomic mass is 32.2. The maximum absolute atomic E-state index is 5.44. The van der Waals surface area contributed by atoms with Crippen LogP contribution in [0, 0.1) is 6.92 Å². The van der Waals surface area contributed by atoms with Gasteiger partial charge in [0.15, 0.2) is 0 Å². The Morgan fingerprint density at radius 1 is 1.41 bits per heavy atom. The highest BCUT2D eigenvalue weighted by Crippen LogP contribution is 2.24. The number of rotatable bonds is 6. The van der Waals surface area contributed by atoms with Gasteiger partial charge in [0.25, 0.3) is 0 Å². The summed E-state index contributed by atoms with van der Waals surface area (Å²) >= 11 is 1.83. The number of thioether (sulfide) groups is 1. The molecule has 1 aromatic heterocycles. The summed E-state index contributed by atoms with van der Waals surface area (Å²) in [7, 11) is 0. The molecule has 1 aromatic rings. The molecule has 0 radical (unpaired) electrons. The summed E-state index contributed by atoms with van der Waals surface area (Å²) in [6, 6.07) is 0. The summed E-state index contributed by atoms with van der Waals surface area (Å²) < 4.78 is 5.62. The third-order valence-corrected chi connectivity index (χ3v) is 3.80. The second kappa shape index (κ2) is 6.10. The highest BCUT2D eigenvalue weighted by Gasteiger charge is 2.17. The summed E-state index contributed by atoms with van der Waals surface area (Å²) in [5, 5.41) is 3.35. The molecule has 0 atom stereocenters. The molecule has 0 spiro atoms. The zero-order chi connectivity index (χ0) is 12.9. The van der Waals surface area contributed by atoms with Gasteiger partial charge in [-0.1, -0.05) is 0 Å². The molecule has 0 fully saturated rings. The van der Waals surface area contributed by atoms with Crippen molar-refractivity contribution in [3.05, 3.63) is 11.9 Å². The van der Waals surface area contributed by atoms with Crippen LogP contribution >= 0.6 is 11.8 Å². The Morgan fingerprint density at radius 3 is 2.71 bits per heavy atom. The van der Waals surface area contributed by atoms with Crippen LogP contribution in [0.3, 0.4) is 0 Å². The number of hydrogen-bond donors (Lipinski definition) is 1. The van der Waals surface area contributed by atoms with Crippen molar-refractivity contribution < 1.29 is 4.74 Å². The van der Waals surface area contributed by atoms with E-state index in [0.717, 1.165) is 17.9 Å². The van der Waals surface area contributed by atoms with Crippen LogP contribution in [0.5, 0.6) is 5.88 Å². The van der Waals surface area contributed by atoms with Gasteiger partial charge in [-0.05, 0) is 34.0 Å². The van der Waals surface area contributed by atoms with Crippen molar-refractivity contribution in [2.75, 3.05) is 24.7 Å².